The molecule has 2 nitrogen and oxygen atoms in total. The molecular weight excluding hydrogens is 252 g/mol. The van der Waals surface area contributed by atoms with E-state index in [1.165, 1.54) is 11.1 Å². The Morgan fingerprint density at radius 2 is 2.37 bits per heavy atom. The molecule has 1 aliphatic carbocycles. The lowest BCUT2D eigenvalue weighted by Gasteiger charge is -2.23. The first-order valence-corrected chi connectivity index (χ1v) is 8.13. The summed E-state index contributed by atoms with van der Waals surface area (Å²) in [5, 5.41) is 9.18. The van der Waals surface area contributed by atoms with Crippen LogP contribution < -0.4 is 5.73 Å². The molecule has 2 rings (SSSR count). The van der Waals surface area contributed by atoms with Gasteiger partial charge < -0.3 is 5.73 Å². The van der Waals surface area contributed by atoms with Crippen LogP contribution in [0, 0.1) is 24.2 Å². The molecule has 19 heavy (non-hydrogen) atoms. The Balaban J connectivity index is 1.74. The van der Waals surface area contributed by atoms with Crippen molar-refractivity contribution in [1.82, 2.24) is 0 Å². The van der Waals surface area contributed by atoms with Crippen LogP contribution in [0.3, 0.4) is 0 Å². The third-order valence-electron chi connectivity index (χ3n) is 4.04. The molecule has 0 radical (unpaired) electrons. The minimum Gasteiger partial charge on any atom is -0.313 e. The predicted octanol–water partition coefficient (Wildman–Crippen LogP) is 3.64. The first-order chi connectivity index (χ1) is 9.14. The highest BCUT2D eigenvalue weighted by Gasteiger charge is 2.39. The molecule has 0 heterocycles. The fraction of sp³-hybridized carbons (Fsp3) is 0.562. The maximum atomic E-state index is 9.18. The molecule has 1 aromatic rings. The minimum atomic E-state index is -0.552. The summed E-state index contributed by atoms with van der Waals surface area (Å²) < 4.78 is 0. The second kappa shape index (κ2) is 6.45. The maximum Gasteiger partial charge on any atom is 0.107 e. The van der Waals surface area contributed by atoms with Crippen molar-refractivity contribution in [2.75, 3.05) is 5.75 Å². The smallest absolute Gasteiger partial charge is 0.107 e. The highest BCUT2D eigenvalue weighted by molar-refractivity contribution is 7.98. The number of hydrogen-bond acceptors (Lipinski definition) is 3. The van der Waals surface area contributed by atoms with Crippen LogP contribution >= 0.6 is 11.8 Å². The third-order valence-corrected chi connectivity index (χ3v) is 5.10. The van der Waals surface area contributed by atoms with Crippen molar-refractivity contribution in [2.24, 2.45) is 11.7 Å². The van der Waals surface area contributed by atoms with E-state index in [-0.39, 0.29) is 0 Å². The highest BCUT2D eigenvalue weighted by atomic mass is 32.2. The van der Waals surface area contributed by atoms with Crippen molar-refractivity contribution in [1.29, 1.82) is 5.26 Å². The van der Waals surface area contributed by atoms with Gasteiger partial charge in [-0.05, 0) is 43.4 Å². The molecule has 0 aromatic heterocycles. The average Bonchev–Trinajstić information content (AvgIpc) is 2.77. The van der Waals surface area contributed by atoms with Gasteiger partial charge in [0.1, 0.15) is 5.54 Å². The van der Waals surface area contributed by atoms with Crippen LogP contribution in [0.4, 0.5) is 0 Å². The number of nitrogens with two attached hydrogens (primary N) is 1. The van der Waals surface area contributed by atoms with E-state index < -0.39 is 5.54 Å². The van der Waals surface area contributed by atoms with Crippen LogP contribution in [0.1, 0.15) is 36.8 Å². The van der Waals surface area contributed by atoms with Gasteiger partial charge in [0.15, 0.2) is 0 Å². The normalized spacial score (nSPS) is 26.3. The third kappa shape index (κ3) is 3.75. The van der Waals surface area contributed by atoms with Gasteiger partial charge in [0.05, 0.1) is 6.07 Å². The van der Waals surface area contributed by atoms with Gasteiger partial charge in [-0.25, -0.2) is 0 Å². The molecule has 1 aliphatic rings. The van der Waals surface area contributed by atoms with E-state index in [2.05, 4.69) is 37.3 Å². The van der Waals surface area contributed by atoms with Crippen LogP contribution in [0.15, 0.2) is 24.3 Å². The SMILES string of the molecule is Cc1cccc(CSCCC2CCCC2(N)C#N)c1. The predicted molar refractivity (Wildman–Crippen MR) is 81.8 cm³/mol. The number of aryl methyl sites for hydroxylation is 1. The fourth-order valence-electron chi connectivity index (χ4n) is 2.87. The maximum absolute atomic E-state index is 9.18. The lowest BCUT2D eigenvalue weighted by Crippen LogP contribution is -2.41. The zero-order chi connectivity index (χ0) is 13.7. The zero-order valence-electron chi connectivity index (χ0n) is 11.6. The monoisotopic (exact) mass is 274 g/mol. The van der Waals surface area contributed by atoms with Gasteiger partial charge >= 0.3 is 0 Å². The Hall–Kier alpha value is -0.980. The van der Waals surface area contributed by atoms with Crippen LogP contribution in [0.2, 0.25) is 0 Å². The van der Waals surface area contributed by atoms with Gasteiger partial charge in [0, 0.05) is 5.75 Å². The summed E-state index contributed by atoms with van der Waals surface area (Å²) in [7, 11) is 0. The lowest BCUT2D eigenvalue weighted by molar-refractivity contribution is 0.389. The van der Waals surface area contributed by atoms with E-state index >= 15 is 0 Å². The molecule has 1 aromatic carbocycles. The van der Waals surface area contributed by atoms with Gasteiger partial charge in [-0.2, -0.15) is 17.0 Å². The summed E-state index contributed by atoms with van der Waals surface area (Å²) >= 11 is 1.95. The molecular formula is C16H22N2S. The Morgan fingerprint density at radius 3 is 3.11 bits per heavy atom. The molecule has 0 amide bonds. The first kappa shape index (κ1) is 14.4. The molecule has 3 heteroatoms. The fourth-order valence-corrected chi connectivity index (χ4v) is 3.88. The number of benzene rings is 1. The minimum absolute atomic E-state index is 0.391. The Kier molecular flexibility index (Phi) is 4.90. The van der Waals surface area contributed by atoms with Crippen molar-refractivity contribution in [3.8, 4) is 6.07 Å². The van der Waals surface area contributed by atoms with Crippen LogP contribution in [0.25, 0.3) is 0 Å². The van der Waals surface area contributed by atoms with Crippen LogP contribution in [-0.2, 0) is 5.75 Å². The number of nitrogens with zero attached hydrogens (tertiary/aromatic N) is 1. The summed E-state index contributed by atoms with van der Waals surface area (Å²) in [5.74, 6) is 2.54. The van der Waals surface area contributed by atoms with Crippen LogP contribution in [0.5, 0.6) is 0 Å². The van der Waals surface area contributed by atoms with Crippen molar-refractivity contribution >= 4 is 11.8 Å². The van der Waals surface area contributed by atoms with E-state index in [0.29, 0.717) is 5.92 Å². The van der Waals surface area contributed by atoms with Crippen molar-refractivity contribution in [3.05, 3.63) is 35.4 Å². The van der Waals surface area contributed by atoms with Gasteiger partial charge in [-0.1, -0.05) is 36.2 Å². The van der Waals surface area contributed by atoms with E-state index in [9.17, 15) is 5.26 Å². The second-order valence-corrected chi connectivity index (χ2v) is 6.68. The molecule has 2 atom stereocenters. The first-order valence-electron chi connectivity index (χ1n) is 6.97. The van der Waals surface area contributed by atoms with Crippen molar-refractivity contribution in [3.63, 3.8) is 0 Å². The zero-order valence-corrected chi connectivity index (χ0v) is 12.4. The van der Waals surface area contributed by atoms with Gasteiger partial charge in [-0.3, -0.25) is 0 Å². The summed E-state index contributed by atoms with van der Waals surface area (Å²) in [6.45, 7) is 2.13. The Labute approximate surface area is 120 Å². The number of hydrogen-bond donors (Lipinski definition) is 1. The molecule has 102 valence electrons. The standard InChI is InChI=1S/C16H22N2S/c1-13-4-2-5-14(10-13)11-19-9-7-15-6-3-8-16(15,18)12-17/h2,4-5,10,15H,3,6-9,11,18H2,1H3. The highest BCUT2D eigenvalue weighted by Crippen LogP contribution is 2.36. The largest absolute Gasteiger partial charge is 0.313 e. The number of rotatable bonds is 5. The molecule has 1 saturated carbocycles. The van der Waals surface area contributed by atoms with Gasteiger partial charge in [0.2, 0.25) is 0 Å². The average molecular weight is 274 g/mol. The van der Waals surface area contributed by atoms with E-state index in [1.807, 2.05) is 11.8 Å². The van der Waals surface area contributed by atoms with Crippen molar-refractivity contribution in [2.45, 2.75) is 43.9 Å². The van der Waals surface area contributed by atoms with Crippen molar-refractivity contribution < 1.29 is 0 Å². The van der Waals surface area contributed by atoms with Crippen LogP contribution in [-0.4, -0.2) is 11.3 Å². The molecule has 0 aliphatic heterocycles. The molecule has 0 saturated heterocycles. The summed E-state index contributed by atoms with van der Waals surface area (Å²) in [5.41, 5.74) is 8.30. The Bertz CT molecular complexity index is 466. The lowest BCUT2D eigenvalue weighted by atomic mass is 9.88. The summed E-state index contributed by atoms with van der Waals surface area (Å²) in [6, 6.07) is 11.0. The topological polar surface area (TPSA) is 49.8 Å². The van der Waals surface area contributed by atoms with E-state index in [4.69, 9.17) is 5.73 Å². The molecule has 2 N–H and O–H groups in total. The number of thioether (sulfide) groups is 1. The van der Waals surface area contributed by atoms with Gasteiger partial charge in [0.25, 0.3) is 0 Å². The number of nitriles is 1. The molecule has 1 fully saturated rings. The summed E-state index contributed by atoms with van der Waals surface area (Å²) in [6.07, 6.45) is 4.17. The summed E-state index contributed by atoms with van der Waals surface area (Å²) in [4.78, 5) is 0. The quantitative estimate of drug-likeness (QED) is 0.834. The van der Waals surface area contributed by atoms with E-state index in [0.717, 1.165) is 37.2 Å². The second-order valence-electron chi connectivity index (χ2n) is 5.57. The molecule has 0 spiro atoms. The Morgan fingerprint density at radius 1 is 1.53 bits per heavy atom. The van der Waals surface area contributed by atoms with Gasteiger partial charge in [-0.15, -0.1) is 0 Å². The molecule has 0 bridgehead atoms. The van der Waals surface area contributed by atoms with E-state index in [1.54, 1.807) is 0 Å². The molecule has 2 unspecified atom stereocenters.